The van der Waals surface area contributed by atoms with Gasteiger partial charge in [-0.15, -0.1) is 0 Å². The van der Waals surface area contributed by atoms with Crippen molar-refractivity contribution in [1.29, 1.82) is 0 Å². The van der Waals surface area contributed by atoms with Crippen molar-refractivity contribution in [2.24, 2.45) is 0 Å². The van der Waals surface area contributed by atoms with Gasteiger partial charge in [-0.1, -0.05) is 29.3 Å². The highest BCUT2D eigenvalue weighted by Crippen LogP contribution is 2.35. The van der Waals surface area contributed by atoms with E-state index in [2.05, 4.69) is 5.32 Å². The monoisotopic (exact) mass is 485 g/mol. The fourth-order valence-electron chi connectivity index (χ4n) is 3.30. The SMILES string of the molecule is Cc1cc([N+](=O)[O-])ccc1-c1ccc(/C=C2/C(=O)NC(=O)N(c3cccc(Cl)c3Cl)C2=O)o1. The van der Waals surface area contributed by atoms with Gasteiger partial charge < -0.3 is 4.42 Å². The van der Waals surface area contributed by atoms with Gasteiger partial charge in [-0.2, -0.15) is 0 Å². The zero-order valence-electron chi connectivity index (χ0n) is 16.8. The number of barbiturate groups is 1. The van der Waals surface area contributed by atoms with E-state index in [9.17, 15) is 24.5 Å². The number of benzene rings is 2. The van der Waals surface area contributed by atoms with Crippen molar-refractivity contribution in [1.82, 2.24) is 5.32 Å². The maximum Gasteiger partial charge on any atom is 0.336 e. The normalized spacial score (nSPS) is 15.2. The predicted molar refractivity (Wildman–Crippen MR) is 121 cm³/mol. The minimum atomic E-state index is -0.965. The first kappa shape index (κ1) is 22.3. The zero-order valence-corrected chi connectivity index (χ0v) is 18.3. The topological polar surface area (TPSA) is 123 Å². The molecule has 1 aromatic heterocycles. The Morgan fingerprint density at radius 2 is 1.85 bits per heavy atom. The number of imide groups is 2. The summed E-state index contributed by atoms with van der Waals surface area (Å²) in [5, 5.41) is 13.1. The number of furan rings is 1. The molecular weight excluding hydrogens is 473 g/mol. The van der Waals surface area contributed by atoms with Crippen LogP contribution < -0.4 is 10.2 Å². The second kappa shape index (κ2) is 8.53. The number of hydrogen-bond acceptors (Lipinski definition) is 6. The average Bonchev–Trinajstić information content (AvgIpc) is 3.22. The fourth-order valence-corrected chi connectivity index (χ4v) is 3.68. The third-order valence-electron chi connectivity index (χ3n) is 4.87. The Balaban J connectivity index is 1.69. The molecule has 1 aliphatic heterocycles. The molecule has 1 aliphatic rings. The van der Waals surface area contributed by atoms with Crippen LogP contribution in [0.4, 0.5) is 16.2 Å². The number of amides is 4. The fraction of sp³-hybridized carbons (Fsp3) is 0.0455. The Labute approximate surface area is 196 Å². The summed E-state index contributed by atoms with van der Waals surface area (Å²) in [6.07, 6.45) is 1.19. The molecule has 1 N–H and O–H groups in total. The van der Waals surface area contributed by atoms with E-state index in [0.29, 0.717) is 21.8 Å². The van der Waals surface area contributed by atoms with Crippen LogP contribution in [-0.4, -0.2) is 22.8 Å². The van der Waals surface area contributed by atoms with Crippen LogP contribution in [0.3, 0.4) is 0 Å². The number of nitrogens with zero attached hydrogens (tertiary/aromatic N) is 2. The quantitative estimate of drug-likeness (QED) is 0.236. The first-order chi connectivity index (χ1) is 15.7. The first-order valence-corrected chi connectivity index (χ1v) is 10.1. The lowest BCUT2D eigenvalue weighted by Gasteiger charge is -2.27. The number of nitrogens with one attached hydrogen (secondary N) is 1. The molecule has 0 spiro atoms. The number of rotatable bonds is 4. The minimum Gasteiger partial charge on any atom is -0.457 e. The molecule has 11 heteroatoms. The molecule has 2 heterocycles. The highest BCUT2D eigenvalue weighted by molar-refractivity contribution is 6.46. The van der Waals surface area contributed by atoms with E-state index < -0.39 is 22.8 Å². The standard InChI is InChI=1S/C22H13Cl2N3O6/c1-11-9-12(27(31)32)5-7-14(11)18-8-6-13(33-18)10-15-20(28)25-22(30)26(21(15)29)17-4-2-3-16(23)19(17)24/h2-10H,1H3,(H,25,28,30)/b15-10-. The largest absolute Gasteiger partial charge is 0.457 e. The molecule has 4 rings (SSSR count). The number of carbonyl (C=O) groups excluding carboxylic acids is 3. The van der Waals surface area contributed by atoms with E-state index in [4.69, 9.17) is 27.6 Å². The molecule has 3 aromatic rings. The first-order valence-electron chi connectivity index (χ1n) is 9.38. The van der Waals surface area contributed by atoms with Crippen molar-refractivity contribution in [3.8, 4) is 11.3 Å². The summed E-state index contributed by atoms with van der Waals surface area (Å²) >= 11 is 12.1. The summed E-state index contributed by atoms with van der Waals surface area (Å²) in [6, 6.07) is 10.9. The number of halogens is 2. The van der Waals surface area contributed by atoms with Gasteiger partial charge in [0.15, 0.2) is 0 Å². The third-order valence-corrected chi connectivity index (χ3v) is 5.68. The summed E-state index contributed by atoms with van der Waals surface area (Å²) in [6.45, 7) is 1.69. The second-order valence-electron chi connectivity index (χ2n) is 6.99. The molecule has 0 aliphatic carbocycles. The summed E-state index contributed by atoms with van der Waals surface area (Å²) in [7, 11) is 0. The lowest BCUT2D eigenvalue weighted by atomic mass is 10.1. The van der Waals surface area contributed by atoms with Gasteiger partial charge in [-0.25, -0.2) is 9.69 Å². The number of nitro benzene ring substituents is 1. The number of urea groups is 1. The molecule has 4 amide bonds. The van der Waals surface area contributed by atoms with E-state index in [1.54, 1.807) is 19.1 Å². The molecule has 166 valence electrons. The molecule has 1 fully saturated rings. The van der Waals surface area contributed by atoms with E-state index in [1.165, 1.54) is 42.5 Å². The molecule has 0 atom stereocenters. The maximum atomic E-state index is 13.0. The van der Waals surface area contributed by atoms with E-state index in [0.717, 1.165) is 0 Å². The average molecular weight is 486 g/mol. The summed E-state index contributed by atoms with van der Waals surface area (Å²) in [5.41, 5.74) is 0.821. The molecule has 0 saturated carbocycles. The second-order valence-corrected chi connectivity index (χ2v) is 7.77. The Kier molecular flexibility index (Phi) is 5.75. The van der Waals surface area contributed by atoms with Crippen molar-refractivity contribution in [2.45, 2.75) is 6.92 Å². The number of carbonyl (C=O) groups is 3. The van der Waals surface area contributed by atoms with Crippen LogP contribution in [-0.2, 0) is 9.59 Å². The van der Waals surface area contributed by atoms with E-state index in [1.807, 2.05) is 0 Å². The van der Waals surface area contributed by atoms with Gasteiger partial charge >= 0.3 is 6.03 Å². The van der Waals surface area contributed by atoms with Gasteiger partial charge in [0.1, 0.15) is 17.1 Å². The number of aryl methyl sites for hydroxylation is 1. The van der Waals surface area contributed by atoms with Crippen LogP contribution in [0.25, 0.3) is 17.4 Å². The van der Waals surface area contributed by atoms with Crippen molar-refractivity contribution in [3.63, 3.8) is 0 Å². The molecule has 0 radical (unpaired) electrons. The van der Waals surface area contributed by atoms with Crippen LogP contribution in [0, 0.1) is 17.0 Å². The van der Waals surface area contributed by atoms with Crippen molar-refractivity contribution in [2.75, 3.05) is 4.90 Å². The summed E-state index contributed by atoms with van der Waals surface area (Å²) in [4.78, 5) is 48.9. The highest BCUT2D eigenvalue weighted by Gasteiger charge is 2.38. The molecule has 2 aromatic carbocycles. The van der Waals surface area contributed by atoms with Crippen molar-refractivity contribution in [3.05, 3.63) is 85.6 Å². The van der Waals surface area contributed by atoms with Gasteiger partial charge in [0.25, 0.3) is 17.5 Å². The lowest BCUT2D eigenvalue weighted by Crippen LogP contribution is -2.54. The smallest absolute Gasteiger partial charge is 0.336 e. The van der Waals surface area contributed by atoms with Gasteiger partial charge in [-0.05, 0) is 48.9 Å². The van der Waals surface area contributed by atoms with E-state index in [-0.39, 0.29) is 32.8 Å². The highest BCUT2D eigenvalue weighted by atomic mass is 35.5. The van der Waals surface area contributed by atoms with Gasteiger partial charge in [0, 0.05) is 17.7 Å². The Morgan fingerprint density at radius 1 is 1.09 bits per heavy atom. The minimum absolute atomic E-state index is 0.0201. The van der Waals surface area contributed by atoms with Gasteiger partial charge in [0.05, 0.1) is 20.7 Å². The number of hydrogen-bond donors (Lipinski definition) is 1. The maximum absolute atomic E-state index is 13.0. The predicted octanol–water partition coefficient (Wildman–Crippen LogP) is 5.14. The number of anilines is 1. The van der Waals surface area contributed by atoms with E-state index >= 15 is 0 Å². The molecule has 33 heavy (non-hydrogen) atoms. The number of non-ortho nitro benzene ring substituents is 1. The number of nitro groups is 1. The molecule has 9 nitrogen and oxygen atoms in total. The van der Waals surface area contributed by atoms with Gasteiger partial charge in [0.2, 0.25) is 0 Å². The Morgan fingerprint density at radius 3 is 2.55 bits per heavy atom. The third kappa shape index (κ3) is 4.11. The Hall–Kier alpha value is -3.95. The summed E-state index contributed by atoms with van der Waals surface area (Å²) in [5.74, 6) is -1.27. The van der Waals surface area contributed by atoms with Crippen LogP contribution in [0.2, 0.25) is 10.0 Å². The molecule has 0 unspecified atom stereocenters. The summed E-state index contributed by atoms with van der Waals surface area (Å²) < 4.78 is 5.73. The Bertz CT molecular complexity index is 1380. The van der Waals surface area contributed by atoms with Crippen molar-refractivity contribution < 1.29 is 23.7 Å². The van der Waals surface area contributed by atoms with Crippen LogP contribution in [0.15, 0.2) is 58.5 Å². The molecule has 0 bridgehead atoms. The molecular formula is C22H13Cl2N3O6. The lowest BCUT2D eigenvalue weighted by molar-refractivity contribution is -0.384. The van der Waals surface area contributed by atoms with Crippen LogP contribution in [0.5, 0.6) is 0 Å². The van der Waals surface area contributed by atoms with Crippen molar-refractivity contribution >= 4 is 58.5 Å². The molecule has 1 saturated heterocycles. The zero-order chi connectivity index (χ0) is 23.9. The van der Waals surface area contributed by atoms with Crippen LogP contribution >= 0.6 is 23.2 Å². The van der Waals surface area contributed by atoms with Gasteiger partial charge in [-0.3, -0.25) is 25.0 Å². The van der Waals surface area contributed by atoms with Crippen LogP contribution in [0.1, 0.15) is 11.3 Å².